The summed E-state index contributed by atoms with van der Waals surface area (Å²) < 4.78 is 11.7. The van der Waals surface area contributed by atoms with Gasteiger partial charge in [-0.2, -0.15) is 5.10 Å². The van der Waals surface area contributed by atoms with E-state index in [1.807, 2.05) is 29.2 Å². The molecular formula is C21H28N4O4. The topological polar surface area (TPSA) is 85.7 Å². The van der Waals surface area contributed by atoms with Gasteiger partial charge < -0.3 is 19.7 Å². The van der Waals surface area contributed by atoms with Gasteiger partial charge in [-0.05, 0) is 49.9 Å². The Balaban J connectivity index is 1.67. The third-order valence-electron chi connectivity index (χ3n) is 5.06. The Kier molecular flexibility index (Phi) is 7.37. The highest BCUT2D eigenvalue weighted by Crippen LogP contribution is 2.23. The number of ether oxygens (including phenoxy) is 2. The Bertz CT molecular complexity index is 818. The number of carbonyl (C=O) groups is 2. The summed E-state index contributed by atoms with van der Waals surface area (Å²) in [5.74, 6) is -0.178. The number of anilines is 1. The molecule has 1 atom stereocenters. The molecule has 2 amide bonds. The Morgan fingerprint density at radius 2 is 1.97 bits per heavy atom. The molecule has 1 aromatic carbocycles. The van der Waals surface area contributed by atoms with E-state index in [1.165, 1.54) is 7.11 Å². The molecule has 1 N–H and O–H groups in total. The number of nitrogens with one attached hydrogen (secondary N) is 1. The smallest absolute Gasteiger partial charge is 0.254 e. The van der Waals surface area contributed by atoms with Crippen LogP contribution in [0.1, 0.15) is 36.0 Å². The van der Waals surface area contributed by atoms with Gasteiger partial charge in [0.15, 0.2) is 0 Å². The Morgan fingerprint density at radius 1 is 1.17 bits per heavy atom. The Labute approximate surface area is 170 Å². The van der Waals surface area contributed by atoms with Gasteiger partial charge in [0.2, 0.25) is 5.91 Å². The van der Waals surface area contributed by atoms with Gasteiger partial charge in [-0.15, -0.1) is 0 Å². The molecule has 156 valence electrons. The van der Waals surface area contributed by atoms with Crippen LogP contribution in [-0.2, 0) is 14.3 Å². The molecule has 3 rings (SSSR count). The standard InChI is InChI=1S/C21H28N4O4/c1-28-12-10-18-5-3-4-11-24(18)21(27)16-6-8-19(9-7-16)25-14-17(13-22-25)23-20(26)15-29-2/h6-9,13-14,18H,3-5,10-12,15H2,1-2H3,(H,23,26). The van der Waals surface area contributed by atoms with Crippen molar-refractivity contribution in [3.63, 3.8) is 0 Å². The van der Waals surface area contributed by atoms with Crippen LogP contribution in [0, 0.1) is 0 Å². The first kappa shape index (κ1) is 21.0. The van der Waals surface area contributed by atoms with Crippen molar-refractivity contribution in [2.24, 2.45) is 0 Å². The minimum absolute atomic E-state index is 0.0101. The lowest BCUT2D eigenvalue weighted by Crippen LogP contribution is -2.44. The molecule has 1 aliphatic rings. The number of benzene rings is 1. The zero-order valence-corrected chi connectivity index (χ0v) is 17.0. The second-order valence-electron chi connectivity index (χ2n) is 7.13. The Hall–Kier alpha value is -2.71. The maximum absolute atomic E-state index is 13.0. The van der Waals surface area contributed by atoms with Gasteiger partial charge in [-0.25, -0.2) is 4.68 Å². The monoisotopic (exact) mass is 400 g/mol. The predicted molar refractivity (Wildman–Crippen MR) is 109 cm³/mol. The molecule has 1 unspecified atom stereocenters. The molecule has 2 aromatic rings. The van der Waals surface area contributed by atoms with Gasteiger partial charge in [-0.3, -0.25) is 9.59 Å². The van der Waals surface area contributed by atoms with Crippen LogP contribution < -0.4 is 5.32 Å². The van der Waals surface area contributed by atoms with Gasteiger partial charge >= 0.3 is 0 Å². The number of hydrogen-bond acceptors (Lipinski definition) is 5. The molecule has 1 aliphatic heterocycles. The molecule has 0 radical (unpaired) electrons. The van der Waals surface area contributed by atoms with Gasteiger partial charge in [0, 0.05) is 39.0 Å². The highest BCUT2D eigenvalue weighted by Gasteiger charge is 2.27. The SMILES string of the molecule is COCCC1CCCCN1C(=O)c1ccc(-n2cc(NC(=O)COC)cn2)cc1. The molecule has 0 spiro atoms. The summed E-state index contributed by atoms with van der Waals surface area (Å²) >= 11 is 0. The largest absolute Gasteiger partial charge is 0.385 e. The van der Waals surface area contributed by atoms with E-state index >= 15 is 0 Å². The van der Waals surface area contributed by atoms with E-state index in [0.717, 1.165) is 37.9 Å². The number of rotatable bonds is 8. The molecule has 2 heterocycles. The first-order valence-electron chi connectivity index (χ1n) is 9.86. The van der Waals surface area contributed by atoms with E-state index in [0.29, 0.717) is 17.9 Å². The summed E-state index contributed by atoms with van der Waals surface area (Å²) in [6.45, 7) is 1.44. The number of hydrogen-bond donors (Lipinski definition) is 1. The molecule has 8 heteroatoms. The highest BCUT2D eigenvalue weighted by atomic mass is 16.5. The highest BCUT2D eigenvalue weighted by molar-refractivity contribution is 5.94. The molecule has 1 fully saturated rings. The molecule has 29 heavy (non-hydrogen) atoms. The molecule has 8 nitrogen and oxygen atoms in total. The lowest BCUT2D eigenvalue weighted by Gasteiger charge is -2.36. The van der Waals surface area contributed by atoms with Crippen molar-refractivity contribution in [2.45, 2.75) is 31.7 Å². The van der Waals surface area contributed by atoms with Crippen molar-refractivity contribution < 1.29 is 19.1 Å². The normalized spacial score (nSPS) is 16.6. The summed E-state index contributed by atoms with van der Waals surface area (Å²) in [7, 11) is 3.16. The first-order chi connectivity index (χ1) is 14.1. The average molecular weight is 400 g/mol. The zero-order chi connectivity index (χ0) is 20.6. The minimum atomic E-state index is -0.238. The number of nitrogens with zero attached hydrogens (tertiary/aromatic N) is 3. The number of methoxy groups -OCH3 is 2. The van der Waals surface area contributed by atoms with Crippen LogP contribution in [0.15, 0.2) is 36.7 Å². The van der Waals surface area contributed by atoms with Crippen LogP contribution in [-0.4, -0.2) is 66.5 Å². The summed E-state index contributed by atoms with van der Waals surface area (Å²) in [5.41, 5.74) is 2.06. The maximum atomic E-state index is 13.0. The Morgan fingerprint density at radius 3 is 2.69 bits per heavy atom. The van der Waals surface area contributed by atoms with Crippen LogP contribution in [0.5, 0.6) is 0 Å². The molecule has 1 aromatic heterocycles. The van der Waals surface area contributed by atoms with E-state index in [1.54, 1.807) is 24.2 Å². The number of piperidine rings is 1. The van der Waals surface area contributed by atoms with Gasteiger partial charge in [0.1, 0.15) is 6.61 Å². The first-order valence-corrected chi connectivity index (χ1v) is 9.86. The summed E-state index contributed by atoms with van der Waals surface area (Å²) in [6.07, 6.45) is 7.37. The van der Waals surface area contributed by atoms with Crippen molar-refractivity contribution in [3.8, 4) is 5.69 Å². The van der Waals surface area contributed by atoms with E-state index in [-0.39, 0.29) is 24.5 Å². The number of carbonyl (C=O) groups excluding carboxylic acids is 2. The molecule has 1 saturated heterocycles. The predicted octanol–water partition coefficient (Wildman–Crippen LogP) is 2.49. The van der Waals surface area contributed by atoms with E-state index < -0.39 is 0 Å². The summed E-state index contributed by atoms with van der Waals surface area (Å²) in [5, 5.41) is 6.97. The van der Waals surface area contributed by atoms with Crippen molar-refractivity contribution in [3.05, 3.63) is 42.2 Å². The van der Waals surface area contributed by atoms with Crippen molar-refractivity contribution >= 4 is 17.5 Å². The second kappa shape index (κ2) is 10.2. The van der Waals surface area contributed by atoms with Crippen LogP contribution >= 0.6 is 0 Å². The van der Waals surface area contributed by atoms with E-state index in [2.05, 4.69) is 10.4 Å². The van der Waals surface area contributed by atoms with Crippen LogP contribution in [0.25, 0.3) is 5.69 Å². The fourth-order valence-corrected chi connectivity index (χ4v) is 3.60. The summed E-state index contributed by atoms with van der Waals surface area (Å²) in [6, 6.07) is 7.60. The molecule has 0 bridgehead atoms. The molecular weight excluding hydrogens is 372 g/mol. The fourth-order valence-electron chi connectivity index (χ4n) is 3.60. The maximum Gasteiger partial charge on any atom is 0.254 e. The molecule has 0 aliphatic carbocycles. The van der Waals surface area contributed by atoms with E-state index in [9.17, 15) is 9.59 Å². The zero-order valence-electron chi connectivity index (χ0n) is 17.0. The minimum Gasteiger partial charge on any atom is -0.385 e. The quantitative estimate of drug-likeness (QED) is 0.736. The number of amides is 2. The average Bonchev–Trinajstić information content (AvgIpc) is 3.20. The van der Waals surface area contributed by atoms with Gasteiger partial charge in [-0.1, -0.05) is 0 Å². The van der Waals surface area contributed by atoms with Gasteiger partial charge in [0.05, 0.1) is 23.8 Å². The van der Waals surface area contributed by atoms with Crippen molar-refractivity contribution in [1.82, 2.24) is 14.7 Å². The lowest BCUT2D eigenvalue weighted by atomic mass is 9.98. The third kappa shape index (κ3) is 5.42. The van der Waals surface area contributed by atoms with Gasteiger partial charge in [0.25, 0.3) is 5.91 Å². The van der Waals surface area contributed by atoms with Crippen LogP contribution in [0.4, 0.5) is 5.69 Å². The van der Waals surface area contributed by atoms with E-state index in [4.69, 9.17) is 9.47 Å². The third-order valence-corrected chi connectivity index (χ3v) is 5.06. The molecule has 0 saturated carbocycles. The number of aromatic nitrogens is 2. The van der Waals surface area contributed by atoms with Crippen molar-refractivity contribution in [2.75, 3.05) is 39.3 Å². The van der Waals surface area contributed by atoms with Crippen LogP contribution in [0.3, 0.4) is 0 Å². The van der Waals surface area contributed by atoms with Crippen molar-refractivity contribution in [1.29, 1.82) is 0 Å². The van der Waals surface area contributed by atoms with Crippen LogP contribution in [0.2, 0.25) is 0 Å². The lowest BCUT2D eigenvalue weighted by molar-refractivity contribution is -0.119. The summed E-state index contributed by atoms with van der Waals surface area (Å²) in [4.78, 5) is 26.6. The second-order valence-corrected chi connectivity index (χ2v) is 7.13. The fraction of sp³-hybridized carbons (Fsp3) is 0.476. The number of likely N-dealkylation sites (tertiary alicyclic amines) is 1.